The highest BCUT2D eigenvalue weighted by Gasteiger charge is 2.22. The molecule has 10 heteroatoms. The first-order chi connectivity index (χ1) is 27.8. The summed E-state index contributed by atoms with van der Waals surface area (Å²) in [5, 5.41) is 10.3. The number of hydrogen-bond acceptors (Lipinski definition) is 4. The van der Waals surface area contributed by atoms with Gasteiger partial charge in [-0.25, -0.2) is 26.3 Å². The molecule has 4 nitrogen and oxygen atoms in total. The number of aliphatic imine (C=N–C) groups is 1. The van der Waals surface area contributed by atoms with Crippen LogP contribution in [0.5, 0.6) is 0 Å². The largest absolute Gasteiger partial charge is 0.400 e. The van der Waals surface area contributed by atoms with E-state index < -0.39 is 46.0 Å². The SMILES string of the molecule is C=C/C=C\C(NC(=C)/C(=C\C(F)=C(/C)c1c(F)cccc1C=C)C(C)=NC)=C(/C)C(C)C.CC.CC=O.CCC(C)C.CCCCc1c(F)c(F)c(C)c(F)c1F.CO. The molecule has 0 radical (unpaired) electrons. The summed E-state index contributed by atoms with van der Waals surface area (Å²) in [5.41, 5.74) is 3.32. The van der Waals surface area contributed by atoms with Crippen molar-refractivity contribution in [2.24, 2.45) is 16.8 Å². The quantitative estimate of drug-likeness (QED) is 0.0655. The molecule has 0 aliphatic rings. The highest BCUT2D eigenvalue weighted by atomic mass is 19.2. The van der Waals surface area contributed by atoms with E-state index in [1.807, 2.05) is 39.8 Å². The Morgan fingerprint density at radius 2 is 1.42 bits per heavy atom. The summed E-state index contributed by atoms with van der Waals surface area (Å²) in [6.45, 7) is 36.0. The van der Waals surface area contributed by atoms with Crippen LogP contribution in [0.2, 0.25) is 0 Å². The molecular formula is C49H72F6N2O2. The summed E-state index contributed by atoms with van der Waals surface area (Å²) in [4.78, 5) is 13.0. The Bertz CT molecular complexity index is 1720. The standard InChI is InChI=1S/C28H34F2N2.C11H12F4.C5H12.C2H4O.C2H6.CH4O/c1-10-12-16-27(19(5)18(3)4)32-22(8)24(21(7)31-9)17-26(30)20(6)28-23(11-2)14-13-15-25(28)29;1-3-4-5-7-10(14)8(12)6(2)9(13)11(7)15;1-4-5(2)3;1-2-3;2*1-2/h10-18,32H,1-2,8H2,3-7,9H3;3-5H2,1-2H3;5H,4H2,1-3H3;2H,1H3;1-2H3;2H,1H3/b16-12-,24-17-,26-20-,27-19-,31-21?;;;;;. The number of nitrogens with one attached hydrogen (secondary N) is 1. The molecule has 0 aliphatic heterocycles. The average molecular weight is 835 g/mol. The van der Waals surface area contributed by atoms with Gasteiger partial charge in [-0.2, -0.15) is 0 Å². The van der Waals surface area contributed by atoms with Crippen LogP contribution in [0.25, 0.3) is 11.6 Å². The van der Waals surface area contributed by atoms with Crippen molar-refractivity contribution in [3.05, 3.63) is 142 Å². The lowest BCUT2D eigenvalue weighted by molar-refractivity contribution is -0.106. The second-order valence-corrected chi connectivity index (χ2v) is 13.2. The van der Waals surface area contributed by atoms with Gasteiger partial charge in [0.05, 0.1) is 0 Å². The van der Waals surface area contributed by atoms with E-state index in [4.69, 9.17) is 9.90 Å². The van der Waals surface area contributed by atoms with Gasteiger partial charge in [-0.3, -0.25) is 4.99 Å². The van der Waals surface area contributed by atoms with Gasteiger partial charge in [0.15, 0.2) is 23.3 Å². The smallest absolute Gasteiger partial charge is 0.165 e. The number of nitrogens with zero attached hydrogens (tertiary/aromatic N) is 1. The van der Waals surface area contributed by atoms with Crippen molar-refractivity contribution in [2.75, 3.05) is 14.2 Å². The van der Waals surface area contributed by atoms with Crippen LogP contribution in [0.15, 0.2) is 95.6 Å². The Hall–Kier alpha value is -4.70. The Labute approximate surface area is 353 Å². The molecule has 0 unspecified atom stereocenters. The van der Waals surface area contributed by atoms with Crippen molar-refractivity contribution < 1.29 is 36.2 Å². The lowest BCUT2D eigenvalue weighted by Gasteiger charge is -2.18. The maximum Gasteiger partial charge on any atom is 0.165 e. The predicted molar refractivity (Wildman–Crippen MR) is 242 cm³/mol. The highest BCUT2D eigenvalue weighted by molar-refractivity contribution is 6.02. The van der Waals surface area contributed by atoms with Gasteiger partial charge in [-0.1, -0.05) is 118 Å². The molecule has 332 valence electrons. The molecule has 2 N–H and O–H groups in total. The minimum Gasteiger partial charge on any atom is -0.400 e. The van der Waals surface area contributed by atoms with Gasteiger partial charge in [-0.05, 0) is 94.2 Å². The molecule has 0 aromatic heterocycles. The number of rotatable bonds is 14. The molecule has 0 bridgehead atoms. The number of carbonyl (C=O) groups excluding carboxylic acids is 1. The number of carbonyl (C=O) groups is 1. The van der Waals surface area contributed by atoms with E-state index in [0.717, 1.165) is 37.5 Å². The van der Waals surface area contributed by atoms with E-state index in [1.54, 1.807) is 39.1 Å². The molecule has 0 saturated carbocycles. The monoisotopic (exact) mass is 835 g/mol. The number of allylic oxidation sites excluding steroid dienone is 8. The summed E-state index contributed by atoms with van der Waals surface area (Å²) < 4.78 is 82.5. The molecule has 0 atom stereocenters. The molecule has 2 aromatic rings. The number of aliphatic hydroxyl groups is 1. The van der Waals surface area contributed by atoms with E-state index in [-0.39, 0.29) is 17.6 Å². The van der Waals surface area contributed by atoms with Gasteiger partial charge in [0.25, 0.3) is 0 Å². The molecule has 2 rings (SSSR count). The third-order valence-corrected chi connectivity index (χ3v) is 8.47. The van der Waals surface area contributed by atoms with E-state index in [9.17, 15) is 22.0 Å². The van der Waals surface area contributed by atoms with Crippen LogP contribution in [-0.2, 0) is 11.2 Å². The lowest BCUT2D eigenvalue weighted by atomic mass is 9.97. The normalized spacial score (nSPS) is 11.7. The Balaban J connectivity index is -0.000000460. The van der Waals surface area contributed by atoms with Gasteiger partial charge in [0.1, 0.15) is 17.9 Å². The van der Waals surface area contributed by atoms with Crippen LogP contribution in [0, 0.1) is 47.8 Å². The highest BCUT2D eigenvalue weighted by Crippen LogP contribution is 2.29. The molecule has 0 heterocycles. The third kappa shape index (κ3) is 22.3. The number of aliphatic hydroxyl groups excluding tert-OH is 1. The van der Waals surface area contributed by atoms with Gasteiger partial charge in [0.2, 0.25) is 0 Å². The van der Waals surface area contributed by atoms with E-state index in [0.29, 0.717) is 41.3 Å². The summed E-state index contributed by atoms with van der Waals surface area (Å²) >= 11 is 0. The Kier molecular flexibility index (Phi) is 36.4. The second-order valence-electron chi connectivity index (χ2n) is 13.2. The number of benzene rings is 2. The van der Waals surface area contributed by atoms with Crippen molar-refractivity contribution in [2.45, 2.75) is 116 Å². The van der Waals surface area contributed by atoms with Crippen LogP contribution in [0.4, 0.5) is 26.3 Å². The van der Waals surface area contributed by atoms with Crippen molar-refractivity contribution >= 4 is 23.6 Å². The van der Waals surface area contributed by atoms with Crippen LogP contribution in [0.3, 0.4) is 0 Å². The molecular weight excluding hydrogens is 763 g/mol. The zero-order valence-electron chi connectivity index (χ0n) is 38.4. The molecule has 2 aromatic carbocycles. The zero-order chi connectivity index (χ0) is 47.0. The minimum atomic E-state index is -1.29. The maximum atomic E-state index is 15.4. The Morgan fingerprint density at radius 1 is 0.932 bits per heavy atom. The fourth-order valence-corrected chi connectivity index (χ4v) is 4.33. The van der Waals surface area contributed by atoms with Crippen LogP contribution in [-0.4, -0.2) is 31.3 Å². The summed E-state index contributed by atoms with van der Waals surface area (Å²) in [7, 11) is 2.63. The first-order valence-electron chi connectivity index (χ1n) is 19.8. The van der Waals surface area contributed by atoms with Crippen molar-refractivity contribution in [3.8, 4) is 0 Å². The predicted octanol–water partition coefficient (Wildman–Crippen LogP) is 14.7. The van der Waals surface area contributed by atoms with Crippen LogP contribution < -0.4 is 5.32 Å². The molecule has 0 spiro atoms. The van der Waals surface area contributed by atoms with Gasteiger partial charge in [-0.15, -0.1) is 0 Å². The van der Waals surface area contributed by atoms with Crippen LogP contribution >= 0.6 is 0 Å². The number of unbranched alkanes of at least 4 members (excludes halogenated alkanes) is 1. The summed E-state index contributed by atoms with van der Waals surface area (Å²) in [6.07, 6.45) is 11.5. The minimum absolute atomic E-state index is 0.0162. The zero-order valence-corrected chi connectivity index (χ0v) is 38.4. The first-order valence-corrected chi connectivity index (χ1v) is 19.8. The van der Waals surface area contributed by atoms with E-state index >= 15 is 4.39 Å². The molecule has 0 amide bonds. The van der Waals surface area contributed by atoms with E-state index in [2.05, 4.69) is 64.7 Å². The average Bonchev–Trinajstić information content (AvgIpc) is 3.23. The molecule has 0 aliphatic carbocycles. The second kappa shape index (κ2) is 35.3. The summed E-state index contributed by atoms with van der Waals surface area (Å²) in [6, 6.07) is 4.58. The number of aldehydes is 1. The number of halogens is 6. The van der Waals surface area contributed by atoms with Crippen molar-refractivity contribution in [1.29, 1.82) is 0 Å². The molecule has 0 saturated heterocycles. The number of hydrogen-bond donors (Lipinski definition) is 2. The first kappa shape index (κ1) is 61.0. The van der Waals surface area contributed by atoms with Gasteiger partial charge < -0.3 is 15.2 Å². The fourth-order valence-electron chi connectivity index (χ4n) is 4.33. The maximum absolute atomic E-state index is 15.4. The molecule has 59 heavy (non-hydrogen) atoms. The van der Waals surface area contributed by atoms with Gasteiger partial charge in [0, 0.05) is 53.5 Å². The third-order valence-electron chi connectivity index (χ3n) is 8.47. The van der Waals surface area contributed by atoms with E-state index in [1.165, 1.54) is 31.6 Å². The Morgan fingerprint density at radius 3 is 1.81 bits per heavy atom. The van der Waals surface area contributed by atoms with Crippen molar-refractivity contribution in [3.63, 3.8) is 0 Å². The van der Waals surface area contributed by atoms with Gasteiger partial charge >= 0.3 is 0 Å². The topological polar surface area (TPSA) is 61.7 Å². The lowest BCUT2D eigenvalue weighted by Crippen LogP contribution is -2.18. The van der Waals surface area contributed by atoms with Crippen molar-refractivity contribution in [1.82, 2.24) is 5.32 Å². The molecule has 0 fully saturated rings. The fraction of sp³-hybridized carbons (Fsp3) is 0.429. The summed E-state index contributed by atoms with van der Waals surface area (Å²) in [5.74, 6) is -5.01. The van der Waals surface area contributed by atoms with Crippen LogP contribution in [0.1, 0.15) is 125 Å².